The maximum absolute atomic E-state index is 13.2. The highest BCUT2D eigenvalue weighted by Gasteiger charge is 2.24. The number of Topliss-reactive ketones (excluding diaryl/α,β-unsaturated/α-hetero) is 1. The number of carbonyl (C=O) groups is 1. The molecule has 0 aromatic heterocycles. The highest BCUT2D eigenvalue weighted by atomic mass is 79.9. The summed E-state index contributed by atoms with van der Waals surface area (Å²) in [6.45, 7) is 0. The van der Waals surface area contributed by atoms with Gasteiger partial charge in [-0.1, -0.05) is 34.1 Å². The van der Waals surface area contributed by atoms with Crippen molar-refractivity contribution < 1.29 is 13.6 Å². The van der Waals surface area contributed by atoms with Crippen molar-refractivity contribution in [1.29, 1.82) is 5.26 Å². The molecule has 20 heavy (non-hydrogen) atoms. The van der Waals surface area contributed by atoms with Crippen LogP contribution in [0.2, 0.25) is 0 Å². The molecule has 2 aromatic carbocycles. The molecule has 0 aliphatic heterocycles. The molecule has 0 amide bonds. The first-order valence-corrected chi connectivity index (χ1v) is 6.47. The molecule has 2 aromatic rings. The van der Waals surface area contributed by atoms with Gasteiger partial charge in [-0.15, -0.1) is 0 Å². The minimum absolute atomic E-state index is 0.0359. The van der Waals surface area contributed by atoms with E-state index in [-0.39, 0.29) is 5.56 Å². The van der Waals surface area contributed by atoms with Crippen LogP contribution in [0.25, 0.3) is 0 Å². The highest BCUT2D eigenvalue weighted by molar-refractivity contribution is 9.10. The molecule has 0 aliphatic rings. The van der Waals surface area contributed by atoms with E-state index in [1.807, 2.05) is 6.07 Å². The Morgan fingerprint density at radius 1 is 1.15 bits per heavy atom. The minimum atomic E-state index is -1.11. The molecular weight excluding hydrogens is 328 g/mol. The van der Waals surface area contributed by atoms with Gasteiger partial charge in [0.2, 0.25) is 0 Å². The van der Waals surface area contributed by atoms with Crippen LogP contribution < -0.4 is 0 Å². The number of benzene rings is 2. The van der Waals surface area contributed by atoms with Crippen LogP contribution in [0.5, 0.6) is 0 Å². The Morgan fingerprint density at radius 2 is 1.85 bits per heavy atom. The third-order valence-corrected chi connectivity index (χ3v) is 3.53. The summed E-state index contributed by atoms with van der Waals surface area (Å²) in [6.07, 6.45) is 0. The van der Waals surface area contributed by atoms with Crippen molar-refractivity contribution in [2.45, 2.75) is 5.92 Å². The van der Waals surface area contributed by atoms with Crippen LogP contribution >= 0.6 is 15.9 Å². The maximum Gasteiger partial charge on any atom is 0.184 e. The zero-order valence-corrected chi connectivity index (χ0v) is 11.7. The molecule has 100 valence electrons. The maximum atomic E-state index is 13.2. The van der Waals surface area contributed by atoms with Crippen molar-refractivity contribution in [3.8, 4) is 6.07 Å². The lowest BCUT2D eigenvalue weighted by Crippen LogP contribution is -2.12. The van der Waals surface area contributed by atoms with Gasteiger partial charge < -0.3 is 0 Å². The highest BCUT2D eigenvalue weighted by Crippen LogP contribution is 2.27. The normalized spacial score (nSPS) is 11.7. The lowest BCUT2D eigenvalue weighted by atomic mass is 9.92. The summed E-state index contributed by atoms with van der Waals surface area (Å²) in [4.78, 5) is 12.3. The van der Waals surface area contributed by atoms with Crippen LogP contribution in [-0.2, 0) is 0 Å². The summed E-state index contributed by atoms with van der Waals surface area (Å²) < 4.78 is 26.7. The third-order valence-electron chi connectivity index (χ3n) is 2.81. The van der Waals surface area contributed by atoms with E-state index in [9.17, 15) is 18.8 Å². The summed E-state index contributed by atoms with van der Waals surface area (Å²) in [6, 6.07) is 11.5. The fraction of sp³-hybridized carbons (Fsp3) is 0.0667. The first-order chi connectivity index (χ1) is 9.54. The zero-order valence-electron chi connectivity index (χ0n) is 10.1. The Hall–Kier alpha value is -2.06. The van der Waals surface area contributed by atoms with Crippen LogP contribution in [-0.4, -0.2) is 5.78 Å². The van der Waals surface area contributed by atoms with Crippen molar-refractivity contribution in [3.63, 3.8) is 0 Å². The molecule has 0 saturated heterocycles. The van der Waals surface area contributed by atoms with Crippen LogP contribution in [0, 0.1) is 23.0 Å². The molecule has 0 spiro atoms. The van der Waals surface area contributed by atoms with Gasteiger partial charge in [0.15, 0.2) is 17.4 Å². The molecule has 0 bridgehead atoms. The number of ketones is 1. The van der Waals surface area contributed by atoms with Crippen LogP contribution in [0.4, 0.5) is 8.78 Å². The summed E-state index contributed by atoms with van der Waals surface area (Å²) >= 11 is 3.27. The van der Waals surface area contributed by atoms with Gasteiger partial charge in [-0.25, -0.2) is 8.78 Å². The van der Waals surface area contributed by atoms with E-state index < -0.39 is 23.3 Å². The molecule has 1 unspecified atom stereocenters. The predicted molar refractivity (Wildman–Crippen MR) is 73.2 cm³/mol. The van der Waals surface area contributed by atoms with Crippen molar-refractivity contribution in [2.75, 3.05) is 0 Å². The van der Waals surface area contributed by atoms with E-state index in [1.165, 1.54) is 6.07 Å². The number of nitrogens with zero attached hydrogens (tertiary/aromatic N) is 1. The monoisotopic (exact) mass is 335 g/mol. The zero-order chi connectivity index (χ0) is 14.7. The lowest BCUT2D eigenvalue weighted by molar-refractivity contribution is 0.0978. The fourth-order valence-electron chi connectivity index (χ4n) is 1.79. The SMILES string of the molecule is N#CC(C(=O)c1ccc(F)c(F)c1)c1ccccc1Br. The second-order valence-electron chi connectivity index (χ2n) is 4.08. The van der Waals surface area contributed by atoms with E-state index in [0.29, 0.717) is 10.0 Å². The third kappa shape index (κ3) is 2.75. The van der Waals surface area contributed by atoms with E-state index in [1.54, 1.807) is 24.3 Å². The van der Waals surface area contributed by atoms with Gasteiger partial charge in [-0.3, -0.25) is 4.79 Å². The van der Waals surface area contributed by atoms with Crippen molar-refractivity contribution in [1.82, 2.24) is 0 Å². The quantitative estimate of drug-likeness (QED) is 0.788. The molecule has 1 atom stereocenters. The van der Waals surface area contributed by atoms with Crippen LogP contribution in [0.3, 0.4) is 0 Å². The minimum Gasteiger partial charge on any atom is -0.292 e. The second-order valence-corrected chi connectivity index (χ2v) is 4.93. The Morgan fingerprint density at radius 3 is 2.45 bits per heavy atom. The molecule has 0 heterocycles. The van der Waals surface area contributed by atoms with Gasteiger partial charge in [0, 0.05) is 10.0 Å². The van der Waals surface area contributed by atoms with E-state index in [2.05, 4.69) is 15.9 Å². The van der Waals surface area contributed by atoms with Gasteiger partial charge in [-0.05, 0) is 29.8 Å². The van der Waals surface area contributed by atoms with Crippen LogP contribution in [0.15, 0.2) is 46.9 Å². The smallest absolute Gasteiger partial charge is 0.184 e. The summed E-state index contributed by atoms with van der Waals surface area (Å²) in [7, 11) is 0. The van der Waals surface area contributed by atoms with Crippen molar-refractivity contribution in [2.24, 2.45) is 0 Å². The number of carbonyl (C=O) groups excluding carboxylic acids is 1. The van der Waals surface area contributed by atoms with Gasteiger partial charge in [0.1, 0.15) is 5.92 Å². The predicted octanol–water partition coefficient (Wildman–Crippen LogP) is 4.22. The number of hydrogen-bond acceptors (Lipinski definition) is 2. The van der Waals surface area contributed by atoms with E-state index in [0.717, 1.165) is 12.1 Å². The van der Waals surface area contributed by atoms with Gasteiger partial charge in [-0.2, -0.15) is 5.26 Å². The van der Waals surface area contributed by atoms with Gasteiger partial charge in [0.25, 0.3) is 0 Å². The lowest BCUT2D eigenvalue weighted by Gasteiger charge is -2.10. The summed E-state index contributed by atoms with van der Waals surface area (Å²) in [5, 5.41) is 9.20. The molecule has 5 heteroatoms. The topological polar surface area (TPSA) is 40.9 Å². The standard InChI is InChI=1S/C15H8BrF2NO/c16-12-4-2-1-3-10(12)11(8-19)15(20)9-5-6-13(17)14(18)7-9/h1-7,11H. The van der Waals surface area contributed by atoms with E-state index in [4.69, 9.17) is 0 Å². The molecule has 2 rings (SSSR count). The molecule has 2 nitrogen and oxygen atoms in total. The molecular formula is C15H8BrF2NO. The largest absolute Gasteiger partial charge is 0.292 e. The number of rotatable bonds is 3. The Kier molecular flexibility index (Phi) is 4.26. The number of nitriles is 1. The van der Waals surface area contributed by atoms with Gasteiger partial charge in [0.05, 0.1) is 6.07 Å². The number of halogens is 3. The number of hydrogen-bond donors (Lipinski definition) is 0. The molecule has 0 aliphatic carbocycles. The summed E-state index contributed by atoms with van der Waals surface area (Å²) in [5.41, 5.74) is 0.455. The fourth-order valence-corrected chi connectivity index (χ4v) is 2.31. The average Bonchev–Trinajstić information content (AvgIpc) is 2.44. The molecule has 0 fully saturated rings. The first kappa shape index (κ1) is 14.4. The molecule has 0 saturated carbocycles. The second kappa shape index (κ2) is 5.93. The Balaban J connectivity index is 2.42. The van der Waals surface area contributed by atoms with Gasteiger partial charge >= 0.3 is 0 Å². The summed E-state index contributed by atoms with van der Waals surface area (Å²) in [5.74, 6) is -3.79. The first-order valence-electron chi connectivity index (χ1n) is 5.68. The van der Waals surface area contributed by atoms with Crippen molar-refractivity contribution >= 4 is 21.7 Å². The average molecular weight is 336 g/mol. The van der Waals surface area contributed by atoms with Crippen molar-refractivity contribution in [3.05, 3.63) is 69.7 Å². The molecule has 0 radical (unpaired) electrons. The molecule has 0 N–H and O–H groups in total. The van der Waals surface area contributed by atoms with E-state index >= 15 is 0 Å². The Bertz CT molecular complexity index is 709. The Labute approximate surface area is 122 Å². The van der Waals surface area contributed by atoms with Crippen LogP contribution in [0.1, 0.15) is 21.8 Å².